The lowest BCUT2D eigenvalue weighted by molar-refractivity contribution is 0.194. The molecule has 2 heterocycles. The topological polar surface area (TPSA) is 39.3 Å². The average molecular weight is 276 g/mol. The molecule has 0 radical (unpaired) electrons. The molecule has 110 valence electrons. The number of rotatable bonds is 8. The van der Waals surface area contributed by atoms with E-state index in [9.17, 15) is 0 Å². The number of aromatic nitrogens is 1. The highest BCUT2D eigenvalue weighted by atomic mass is 16.5. The Bertz CT molecular complexity index is 515. The first kappa shape index (κ1) is 14.9. The van der Waals surface area contributed by atoms with Gasteiger partial charge in [-0.1, -0.05) is 0 Å². The molecular formula is C16H24N2O2. The van der Waals surface area contributed by atoms with E-state index in [0.717, 1.165) is 38.4 Å². The van der Waals surface area contributed by atoms with E-state index in [1.807, 2.05) is 12.1 Å². The van der Waals surface area contributed by atoms with Gasteiger partial charge in [-0.15, -0.1) is 0 Å². The van der Waals surface area contributed by atoms with E-state index in [4.69, 9.17) is 9.15 Å². The standard InChI is InChI=1S/C16H24N2O2/c1-13-10-15(11-17-7-5-8-19-3)14(2)18(13)12-16-6-4-9-20-16/h4,6,9-10,17H,5,7-8,11-12H2,1-3H3. The van der Waals surface area contributed by atoms with E-state index in [0.29, 0.717) is 0 Å². The lowest BCUT2D eigenvalue weighted by atomic mass is 10.2. The first-order valence-corrected chi connectivity index (χ1v) is 7.10. The summed E-state index contributed by atoms with van der Waals surface area (Å²) < 4.78 is 12.8. The zero-order chi connectivity index (χ0) is 14.4. The third-order valence-electron chi connectivity index (χ3n) is 3.59. The predicted molar refractivity (Wildman–Crippen MR) is 79.9 cm³/mol. The number of hydrogen-bond acceptors (Lipinski definition) is 3. The van der Waals surface area contributed by atoms with Crippen LogP contribution in [0.4, 0.5) is 0 Å². The quantitative estimate of drug-likeness (QED) is 0.754. The van der Waals surface area contributed by atoms with Crippen LogP contribution in [0.3, 0.4) is 0 Å². The van der Waals surface area contributed by atoms with E-state index < -0.39 is 0 Å². The van der Waals surface area contributed by atoms with Crippen molar-refractivity contribution in [2.45, 2.75) is 33.4 Å². The minimum atomic E-state index is 0.800. The molecule has 0 spiro atoms. The van der Waals surface area contributed by atoms with Crippen molar-refractivity contribution < 1.29 is 9.15 Å². The molecule has 0 aliphatic carbocycles. The normalized spacial score (nSPS) is 11.2. The fourth-order valence-corrected chi connectivity index (χ4v) is 2.42. The van der Waals surface area contributed by atoms with Gasteiger partial charge in [0.2, 0.25) is 0 Å². The Morgan fingerprint density at radius 2 is 2.20 bits per heavy atom. The van der Waals surface area contributed by atoms with E-state index >= 15 is 0 Å². The largest absolute Gasteiger partial charge is 0.467 e. The average Bonchev–Trinajstić information content (AvgIpc) is 3.03. The Morgan fingerprint density at radius 1 is 1.35 bits per heavy atom. The van der Waals surface area contributed by atoms with Crippen molar-refractivity contribution in [2.75, 3.05) is 20.3 Å². The van der Waals surface area contributed by atoms with E-state index in [-0.39, 0.29) is 0 Å². The van der Waals surface area contributed by atoms with Crippen molar-refractivity contribution >= 4 is 0 Å². The van der Waals surface area contributed by atoms with Gasteiger partial charge in [-0.3, -0.25) is 0 Å². The second kappa shape index (κ2) is 7.31. The van der Waals surface area contributed by atoms with Crippen molar-refractivity contribution in [2.24, 2.45) is 0 Å². The molecule has 0 amide bonds. The van der Waals surface area contributed by atoms with E-state index in [1.165, 1.54) is 17.0 Å². The summed E-state index contributed by atoms with van der Waals surface area (Å²) in [5.74, 6) is 0.992. The van der Waals surface area contributed by atoms with Gasteiger partial charge in [0.25, 0.3) is 0 Å². The van der Waals surface area contributed by atoms with Crippen molar-refractivity contribution in [3.8, 4) is 0 Å². The highest BCUT2D eigenvalue weighted by molar-refractivity contribution is 5.27. The molecule has 4 nitrogen and oxygen atoms in total. The smallest absolute Gasteiger partial charge is 0.123 e. The number of hydrogen-bond donors (Lipinski definition) is 1. The van der Waals surface area contributed by atoms with Gasteiger partial charge in [0.1, 0.15) is 5.76 Å². The summed E-state index contributed by atoms with van der Waals surface area (Å²) >= 11 is 0. The van der Waals surface area contributed by atoms with Gasteiger partial charge < -0.3 is 19.0 Å². The van der Waals surface area contributed by atoms with Crippen molar-refractivity contribution in [3.63, 3.8) is 0 Å². The van der Waals surface area contributed by atoms with Gasteiger partial charge in [0.05, 0.1) is 12.8 Å². The molecule has 20 heavy (non-hydrogen) atoms. The first-order chi connectivity index (χ1) is 9.72. The summed E-state index contributed by atoms with van der Waals surface area (Å²) in [6.07, 6.45) is 2.77. The molecule has 0 aromatic carbocycles. The van der Waals surface area contributed by atoms with Crippen molar-refractivity contribution in [1.29, 1.82) is 0 Å². The Kier molecular flexibility index (Phi) is 5.44. The van der Waals surface area contributed by atoms with E-state index in [2.05, 4.69) is 29.8 Å². The van der Waals surface area contributed by atoms with Crippen LogP contribution < -0.4 is 5.32 Å². The number of nitrogens with one attached hydrogen (secondary N) is 1. The number of furan rings is 1. The monoisotopic (exact) mass is 276 g/mol. The fraction of sp³-hybridized carbons (Fsp3) is 0.500. The molecule has 0 fully saturated rings. The van der Waals surface area contributed by atoms with Crippen LogP contribution in [0, 0.1) is 13.8 Å². The molecule has 2 aromatic rings. The number of aryl methyl sites for hydroxylation is 1. The molecule has 0 atom stereocenters. The third kappa shape index (κ3) is 3.74. The fourth-order valence-electron chi connectivity index (χ4n) is 2.42. The van der Waals surface area contributed by atoms with Gasteiger partial charge in [-0.05, 0) is 50.6 Å². The lowest BCUT2D eigenvalue weighted by Crippen LogP contribution is -2.16. The highest BCUT2D eigenvalue weighted by Gasteiger charge is 2.10. The molecule has 2 rings (SSSR count). The first-order valence-electron chi connectivity index (χ1n) is 7.10. The minimum Gasteiger partial charge on any atom is -0.467 e. The van der Waals surface area contributed by atoms with Crippen LogP contribution in [0.2, 0.25) is 0 Å². The van der Waals surface area contributed by atoms with Gasteiger partial charge in [0.15, 0.2) is 0 Å². The summed E-state index contributed by atoms with van der Waals surface area (Å²) in [7, 11) is 1.74. The minimum absolute atomic E-state index is 0.800. The second-order valence-electron chi connectivity index (χ2n) is 5.09. The van der Waals surface area contributed by atoms with Gasteiger partial charge in [0, 0.05) is 31.6 Å². The van der Waals surface area contributed by atoms with Crippen LogP contribution >= 0.6 is 0 Å². The van der Waals surface area contributed by atoms with Gasteiger partial charge in [-0.2, -0.15) is 0 Å². The summed E-state index contributed by atoms with van der Waals surface area (Å²) in [5.41, 5.74) is 3.93. The van der Waals surface area contributed by atoms with Crippen LogP contribution in [0.5, 0.6) is 0 Å². The molecule has 0 bridgehead atoms. The maximum Gasteiger partial charge on any atom is 0.123 e. The number of ether oxygens (including phenoxy) is 1. The molecule has 2 aromatic heterocycles. The number of nitrogens with zero attached hydrogens (tertiary/aromatic N) is 1. The van der Waals surface area contributed by atoms with Gasteiger partial charge in [-0.25, -0.2) is 0 Å². The maximum atomic E-state index is 5.43. The van der Waals surface area contributed by atoms with Gasteiger partial charge >= 0.3 is 0 Å². The zero-order valence-corrected chi connectivity index (χ0v) is 12.6. The summed E-state index contributed by atoms with van der Waals surface area (Å²) in [4.78, 5) is 0. The van der Waals surface area contributed by atoms with Crippen LogP contribution in [-0.2, 0) is 17.8 Å². The van der Waals surface area contributed by atoms with Crippen LogP contribution in [0.25, 0.3) is 0 Å². The Labute approximate surface area is 120 Å². The second-order valence-corrected chi connectivity index (χ2v) is 5.09. The SMILES string of the molecule is COCCCNCc1cc(C)n(Cc2ccco2)c1C. The molecule has 0 aliphatic heterocycles. The Morgan fingerprint density at radius 3 is 2.90 bits per heavy atom. The zero-order valence-electron chi connectivity index (χ0n) is 12.6. The molecule has 1 N–H and O–H groups in total. The van der Waals surface area contributed by atoms with Crippen LogP contribution in [0.15, 0.2) is 28.9 Å². The Balaban J connectivity index is 1.94. The highest BCUT2D eigenvalue weighted by Crippen LogP contribution is 2.17. The summed E-state index contributed by atoms with van der Waals surface area (Å²) in [5, 5.41) is 3.46. The molecule has 0 aliphatic rings. The number of methoxy groups -OCH3 is 1. The summed E-state index contributed by atoms with van der Waals surface area (Å²) in [6.45, 7) is 7.81. The molecule has 0 saturated heterocycles. The third-order valence-corrected chi connectivity index (χ3v) is 3.59. The molecular weight excluding hydrogens is 252 g/mol. The van der Waals surface area contributed by atoms with Crippen molar-refractivity contribution in [1.82, 2.24) is 9.88 Å². The van der Waals surface area contributed by atoms with Crippen molar-refractivity contribution in [3.05, 3.63) is 47.2 Å². The molecule has 0 saturated carbocycles. The Hall–Kier alpha value is -1.52. The van der Waals surface area contributed by atoms with Crippen LogP contribution in [-0.4, -0.2) is 24.8 Å². The van der Waals surface area contributed by atoms with Crippen LogP contribution in [0.1, 0.15) is 29.1 Å². The summed E-state index contributed by atoms with van der Waals surface area (Å²) in [6, 6.07) is 6.20. The molecule has 0 unspecified atom stereocenters. The molecule has 4 heteroatoms. The van der Waals surface area contributed by atoms with E-state index in [1.54, 1.807) is 13.4 Å². The maximum absolute atomic E-state index is 5.43. The predicted octanol–water partition coefficient (Wildman–Crippen LogP) is 2.87. The lowest BCUT2D eigenvalue weighted by Gasteiger charge is -2.08.